The van der Waals surface area contributed by atoms with Crippen LogP contribution in [0.1, 0.15) is 12.0 Å². The highest BCUT2D eigenvalue weighted by Crippen LogP contribution is 2.15. The molecule has 1 heterocycles. The Bertz CT molecular complexity index is 305. The Morgan fingerprint density at radius 1 is 1.29 bits per heavy atom. The predicted molar refractivity (Wildman–Crippen MR) is 54.1 cm³/mol. The molecule has 1 aromatic rings. The molecule has 0 aromatic heterocycles. The third-order valence-corrected chi connectivity index (χ3v) is 2.59. The van der Waals surface area contributed by atoms with Crippen molar-refractivity contribution in [2.75, 3.05) is 13.2 Å². The van der Waals surface area contributed by atoms with E-state index in [4.69, 9.17) is 4.74 Å². The highest BCUT2D eigenvalue weighted by molar-refractivity contribution is 5.82. The summed E-state index contributed by atoms with van der Waals surface area (Å²) in [4.78, 5) is 11.5. The summed E-state index contributed by atoms with van der Waals surface area (Å²) in [6.45, 7) is 1.19. The lowest BCUT2D eigenvalue weighted by Crippen LogP contribution is -2.29. The van der Waals surface area contributed by atoms with Crippen molar-refractivity contribution in [1.29, 1.82) is 0 Å². The molecule has 0 unspecified atom stereocenters. The van der Waals surface area contributed by atoms with Crippen LogP contribution in [0, 0.1) is 5.92 Å². The number of hydrogen-bond acceptors (Lipinski definition) is 2. The van der Waals surface area contributed by atoms with E-state index in [0.717, 1.165) is 6.42 Å². The van der Waals surface area contributed by atoms with Gasteiger partial charge in [0.05, 0.1) is 13.2 Å². The maximum Gasteiger partial charge on any atom is 0.140 e. The Kier molecular flexibility index (Phi) is 2.94. The van der Waals surface area contributed by atoms with Gasteiger partial charge >= 0.3 is 0 Å². The van der Waals surface area contributed by atoms with Crippen LogP contribution in [-0.2, 0) is 16.0 Å². The van der Waals surface area contributed by atoms with E-state index in [1.54, 1.807) is 0 Å². The zero-order chi connectivity index (χ0) is 9.80. The van der Waals surface area contributed by atoms with Gasteiger partial charge in [-0.25, -0.2) is 0 Å². The fourth-order valence-corrected chi connectivity index (χ4v) is 1.77. The van der Waals surface area contributed by atoms with E-state index in [1.807, 2.05) is 18.2 Å². The number of carbonyl (C=O) groups excluding carboxylic acids is 1. The number of ketones is 1. The Hall–Kier alpha value is -1.15. The average Bonchev–Trinajstić information content (AvgIpc) is 2.23. The lowest BCUT2D eigenvalue weighted by atomic mass is 9.93. The summed E-state index contributed by atoms with van der Waals surface area (Å²) in [5.74, 6) is 0.422. The Balaban J connectivity index is 2.00. The third-order valence-electron chi connectivity index (χ3n) is 2.59. The van der Waals surface area contributed by atoms with Gasteiger partial charge in [-0.15, -0.1) is 0 Å². The van der Waals surface area contributed by atoms with Gasteiger partial charge in [0, 0.05) is 12.3 Å². The summed E-state index contributed by atoms with van der Waals surface area (Å²) >= 11 is 0. The zero-order valence-electron chi connectivity index (χ0n) is 8.11. The maximum absolute atomic E-state index is 11.5. The SMILES string of the molecule is O=C1CCOC[C@H]1Cc1ccccc1. The molecule has 0 radical (unpaired) electrons. The van der Waals surface area contributed by atoms with Gasteiger partial charge in [-0.3, -0.25) is 4.79 Å². The van der Waals surface area contributed by atoms with Crippen LogP contribution in [0.3, 0.4) is 0 Å². The Morgan fingerprint density at radius 3 is 2.79 bits per heavy atom. The van der Waals surface area contributed by atoms with Crippen molar-refractivity contribution >= 4 is 5.78 Å². The summed E-state index contributed by atoms with van der Waals surface area (Å²) in [6, 6.07) is 10.1. The van der Waals surface area contributed by atoms with Crippen molar-refractivity contribution in [3.63, 3.8) is 0 Å². The molecule has 0 bridgehead atoms. The molecule has 2 rings (SSSR count). The average molecular weight is 190 g/mol. The first-order chi connectivity index (χ1) is 6.86. The van der Waals surface area contributed by atoms with Crippen molar-refractivity contribution in [2.24, 2.45) is 5.92 Å². The summed E-state index contributed by atoms with van der Waals surface area (Å²) < 4.78 is 5.30. The van der Waals surface area contributed by atoms with Gasteiger partial charge in [0.1, 0.15) is 5.78 Å². The number of benzene rings is 1. The molecule has 0 spiro atoms. The molecule has 1 aliphatic heterocycles. The van der Waals surface area contributed by atoms with E-state index in [0.29, 0.717) is 25.4 Å². The van der Waals surface area contributed by atoms with Crippen LogP contribution in [0.25, 0.3) is 0 Å². The minimum atomic E-state index is 0.0751. The molecule has 1 aromatic carbocycles. The Morgan fingerprint density at radius 2 is 2.07 bits per heavy atom. The first kappa shape index (κ1) is 9.41. The fourth-order valence-electron chi connectivity index (χ4n) is 1.77. The van der Waals surface area contributed by atoms with Gasteiger partial charge in [0.2, 0.25) is 0 Å². The molecule has 2 nitrogen and oxygen atoms in total. The summed E-state index contributed by atoms with van der Waals surface area (Å²) in [6.07, 6.45) is 1.40. The molecule has 14 heavy (non-hydrogen) atoms. The number of hydrogen-bond donors (Lipinski definition) is 0. The van der Waals surface area contributed by atoms with Crippen LogP contribution in [-0.4, -0.2) is 19.0 Å². The van der Waals surface area contributed by atoms with Gasteiger partial charge in [-0.2, -0.15) is 0 Å². The molecule has 0 amide bonds. The summed E-state index contributed by atoms with van der Waals surface area (Å²) in [5.41, 5.74) is 1.22. The fraction of sp³-hybridized carbons (Fsp3) is 0.417. The first-order valence-corrected chi connectivity index (χ1v) is 5.00. The number of Topliss-reactive ketones (excluding diaryl/α,β-unsaturated/α-hetero) is 1. The lowest BCUT2D eigenvalue weighted by molar-refractivity contribution is -0.130. The van der Waals surface area contributed by atoms with Gasteiger partial charge in [0.15, 0.2) is 0 Å². The van der Waals surface area contributed by atoms with Crippen LogP contribution in [0.2, 0.25) is 0 Å². The normalized spacial score (nSPS) is 22.3. The van der Waals surface area contributed by atoms with E-state index in [2.05, 4.69) is 12.1 Å². The van der Waals surface area contributed by atoms with E-state index >= 15 is 0 Å². The van der Waals surface area contributed by atoms with Crippen molar-refractivity contribution < 1.29 is 9.53 Å². The second-order valence-electron chi connectivity index (χ2n) is 3.68. The van der Waals surface area contributed by atoms with Crippen molar-refractivity contribution in [3.8, 4) is 0 Å². The quantitative estimate of drug-likeness (QED) is 0.711. The molecule has 0 saturated carbocycles. The zero-order valence-corrected chi connectivity index (χ0v) is 8.11. The van der Waals surface area contributed by atoms with Crippen molar-refractivity contribution in [1.82, 2.24) is 0 Å². The van der Waals surface area contributed by atoms with E-state index in [1.165, 1.54) is 5.56 Å². The lowest BCUT2D eigenvalue weighted by Gasteiger charge is -2.20. The monoisotopic (exact) mass is 190 g/mol. The van der Waals surface area contributed by atoms with Crippen LogP contribution >= 0.6 is 0 Å². The maximum atomic E-state index is 11.5. The van der Waals surface area contributed by atoms with Gasteiger partial charge in [-0.05, 0) is 12.0 Å². The third kappa shape index (κ3) is 2.20. The molecule has 1 aliphatic rings. The van der Waals surface area contributed by atoms with E-state index in [-0.39, 0.29) is 5.92 Å². The summed E-state index contributed by atoms with van der Waals surface area (Å²) in [5, 5.41) is 0. The van der Waals surface area contributed by atoms with Gasteiger partial charge in [-0.1, -0.05) is 30.3 Å². The minimum absolute atomic E-state index is 0.0751. The second kappa shape index (κ2) is 4.38. The highest BCUT2D eigenvalue weighted by atomic mass is 16.5. The predicted octanol–water partition coefficient (Wildman–Crippen LogP) is 1.83. The van der Waals surface area contributed by atoms with E-state index < -0.39 is 0 Å². The minimum Gasteiger partial charge on any atom is -0.380 e. The molecule has 74 valence electrons. The number of rotatable bonds is 2. The van der Waals surface area contributed by atoms with Crippen molar-refractivity contribution in [2.45, 2.75) is 12.8 Å². The standard InChI is InChI=1S/C12H14O2/c13-12-6-7-14-9-11(12)8-10-4-2-1-3-5-10/h1-5,11H,6-9H2/t11-/m1/s1. The smallest absolute Gasteiger partial charge is 0.140 e. The van der Waals surface area contributed by atoms with Crippen molar-refractivity contribution in [3.05, 3.63) is 35.9 Å². The first-order valence-electron chi connectivity index (χ1n) is 5.00. The number of ether oxygens (including phenoxy) is 1. The van der Waals surface area contributed by atoms with Crippen LogP contribution in [0.4, 0.5) is 0 Å². The molecular weight excluding hydrogens is 176 g/mol. The van der Waals surface area contributed by atoms with Crippen LogP contribution < -0.4 is 0 Å². The molecule has 1 saturated heterocycles. The molecule has 0 aliphatic carbocycles. The van der Waals surface area contributed by atoms with Crippen LogP contribution in [0.15, 0.2) is 30.3 Å². The largest absolute Gasteiger partial charge is 0.380 e. The highest BCUT2D eigenvalue weighted by Gasteiger charge is 2.22. The molecular formula is C12H14O2. The molecule has 1 fully saturated rings. The van der Waals surface area contributed by atoms with Crippen LogP contribution in [0.5, 0.6) is 0 Å². The van der Waals surface area contributed by atoms with Gasteiger partial charge in [0.25, 0.3) is 0 Å². The molecule has 1 atom stereocenters. The summed E-state index contributed by atoms with van der Waals surface area (Å²) in [7, 11) is 0. The van der Waals surface area contributed by atoms with Gasteiger partial charge < -0.3 is 4.74 Å². The Labute approximate surface area is 83.9 Å². The topological polar surface area (TPSA) is 26.3 Å². The molecule has 0 N–H and O–H groups in total. The number of carbonyl (C=O) groups is 1. The van der Waals surface area contributed by atoms with E-state index in [9.17, 15) is 4.79 Å². The second-order valence-corrected chi connectivity index (χ2v) is 3.68. The molecule has 2 heteroatoms.